The van der Waals surface area contributed by atoms with Crippen molar-refractivity contribution in [3.63, 3.8) is 0 Å². The van der Waals surface area contributed by atoms with E-state index < -0.39 is 28.8 Å². The van der Waals surface area contributed by atoms with E-state index in [0.717, 1.165) is 24.1 Å². The third-order valence-electron chi connectivity index (χ3n) is 14.8. The number of fused-ring (bicyclic) bond motifs is 6. The lowest BCUT2D eigenvalue weighted by molar-refractivity contribution is -0.0597. The third-order valence-corrected chi connectivity index (χ3v) is 14.8. The lowest BCUT2D eigenvalue weighted by atomic mass is 9.86. The highest BCUT2D eigenvalue weighted by Gasteiger charge is 2.60. The fourth-order valence-electron chi connectivity index (χ4n) is 11.5. The molecule has 3 fully saturated rings. The van der Waals surface area contributed by atoms with Crippen molar-refractivity contribution in [2.75, 3.05) is 6.61 Å². The molecule has 3 aliphatic heterocycles. The van der Waals surface area contributed by atoms with Crippen molar-refractivity contribution in [3.8, 4) is 17.2 Å². The number of H-pyrrole nitrogens is 1. The van der Waals surface area contributed by atoms with Gasteiger partial charge in [-0.15, -0.1) is 0 Å². The van der Waals surface area contributed by atoms with Crippen LogP contribution in [-0.2, 0) is 23.7 Å². The van der Waals surface area contributed by atoms with Crippen LogP contribution >= 0.6 is 0 Å². The molecule has 1 aliphatic carbocycles. The molecule has 8 aromatic rings. The number of rotatable bonds is 7. The summed E-state index contributed by atoms with van der Waals surface area (Å²) in [5.41, 5.74) is 4.30. The molecule has 2 saturated heterocycles. The molecule has 0 spiro atoms. The predicted octanol–water partition coefficient (Wildman–Crippen LogP) is 6.98. The largest absolute Gasteiger partial charge is 0.438 e. The molecule has 9 heterocycles. The molecule has 5 atom stereocenters. The van der Waals surface area contributed by atoms with Gasteiger partial charge in [0.15, 0.2) is 11.6 Å². The van der Waals surface area contributed by atoms with Crippen LogP contribution in [0.4, 0.5) is 8.78 Å². The number of nitrogens with zero attached hydrogens (tertiary/aromatic N) is 10. The summed E-state index contributed by atoms with van der Waals surface area (Å²) in [6.45, 7) is 10.2. The molecule has 0 radical (unpaired) electrons. The number of carbonyl (C=O) groups is 1. The van der Waals surface area contributed by atoms with Gasteiger partial charge in [0.25, 0.3) is 5.91 Å². The molecular formula is C48H47F2N11O5. The molecule has 1 saturated carbocycles. The van der Waals surface area contributed by atoms with E-state index in [4.69, 9.17) is 19.3 Å². The summed E-state index contributed by atoms with van der Waals surface area (Å²) in [7, 11) is 1.72. The predicted molar refractivity (Wildman–Crippen MR) is 238 cm³/mol. The summed E-state index contributed by atoms with van der Waals surface area (Å²) >= 11 is 0. The van der Waals surface area contributed by atoms with Crippen LogP contribution in [0.5, 0.6) is 0 Å². The number of ether oxygens (including phenoxy) is 1. The zero-order valence-electron chi connectivity index (χ0n) is 37.3. The molecule has 4 aliphatic rings. The minimum absolute atomic E-state index is 0.0203. The van der Waals surface area contributed by atoms with Gasteiger partial charge in [-0.05, 0) is 119 Å². The first-order valence-electron chi connectivity index (χ1n) is 22.5. The molecule has 18 heteroatoms. The number of pyridine rings is 1. The zero-order chi connectivity index (χ0) is 45.7. The highest BCUT2D eigenvalue weighted by Crippen LogP contribution is 2.56. The standard InChI is InChI=1S/C48H47F2N11O5/c1-24-17-29(18-25(2)40(24)49)61-42(58-15-14-57(46(58)64)37-12-11-34-30(41(37)50)23-51-56(34)6)39-33(54-61)19-28-7-9-36(39)59(28)43(62)38-20-32-35(10-8-31(52-32)27-13-16-65-47(4,5)22-27)60(38)48(21-26(48)3)44-53-45(63)66-55-44/h8,10-12,14-15,17-18,20,23,26-28,36H,7,9,13,16,19,21-22H2,1-6H3,(H,53,55,63)/t26-,27+,28+,36-,48-/m0/s1. The van der Waals surface area contributed by atoms with Crippen LogP contribution in [0.3, 0.4) is 0 Å². The first kappa shape index (κ1) is 40.6. The SMILES string of the molecule is Cc1cc(-n2nc3c(c2-n2ccn(-c4ccc5c(cnn5C)c4F)c2=O)[C@@H]2CC[C@H](C3)N2C(=O)c2cc3nc([C@@H]4CCOC(C)(C)C4)ccc3n2[C@@]2(c3noc(=O)[nH]3)C[C@@H]2C)cc(C)c1F. The number of hydrogen-bond donors (Lipinski definition) is 1. The molecule has 66 heavy (non-hydrogen) atoms. The molecule has 0 unspecified atom stereocenters. The fourth-order valence-corrected chi connectivity index (χ4v) is 11.5. The van der Waals surface area contributed by atoms with Crippen molar-refractivity contribution in [3.05, 3.63) is 133 Å². The number of nitrogens with one attached hydrogen (secondary N) is 1. The van der Waals surface area contributed by atoms with Crippen LogP contribution in [0.1, 0.15) is 109 Å². The van der Waals surface area contributed by atoms with Crippen LogP contribution in [0.15, 0.2) is 75.2 Å². The van der Waals surface area contributed by atoms with E-state index in [1.165, 1.54) is 21.5 Å². The Morgan fingerprint density at radius 3 is 2.42 bits per heavy atom. The number of carbonyl (C=O) groups excluding carboxylic acids is 1. The first-order valence-corrected chi connectivity index (χ1v) is 22.5. The van der Waals surface area contributed by atoms with Gasteiger partial charge in [-0.3, -0.25) is 33.1 Å². The monoisotopic (exact) mass is 895 g/mol. The van der Waals surface area contributed by atoms with Crippen LogP contribution in [0, 0.1) is 31.4 Å². The Kier molecular flexibility index (Phi) is 8.62. The Labute approximate surface area is 375 Å². The number of hydrogen-bond acceptors (Lipinski definition) is 9. The van der Waals surface area contributed by atoms with Crippen LogP contribution in [0.2, 0.25) is 0 Å². The van der Waals surface area contributed by atoms with Crippen LogP contribution < -0.4 is 11.4 Å². The Bertz CT molecular complexity index is 3450. The summed E-state index contributed by atoms with van der Waals surface area (Å²) in [5.74, 6) is -1.01. The van der Waals surface area contributed by atoms with Gasteiger partial charge in [0.05, 0.1) is 56.8 Å². The van der Waals surface area contributed by atoms with Gasteiger partial charge < -0.3 is 14.2 Å². The fraction of sp³-hybridized carbons (Fsp3) is 0.396. The van der Waals surface area contributed by atoms with E-state index >= 15 is 13.6 Å². The molecule has 16 nitrogen and oxygen atoms in total. The van der Waals surface area contributed by atoms with E-state index in [1.54, 1.807) is 60.7 Å². The van der Waals surface area contributed by atoms with Gasteiger partial charge in [-0.25, -0.2) is 23.1 Å². The molecule has 6 aromatic heterocycles. The van der Waals surface area contributed by atoms with Crippen LogP contribution in [-0.4, -0.2) is 77.4 Å². The number of amides is 1. The highest BCUT2D eigenvalue weighted by molar-refractivity contribution is 5.99. The van der Waals surface area contributed by atoms with Crippen molar-refractivity contribution < 1.29 is 22.8 Å². The second kappa shape index (κ2) is 14.0. The van der Waals surface area contributed by atoms with Gasteiger partial charge in [0.1, 0.15) is 22.9 Å². The molecule has 1 N–H and O–H groups in total. The number of benzene rings is 2. The lowest BCUT2D eigenvalue weighted by Gasteiger charge is -2.35. The number of halogens is 2. The summed E-state index contributed by atoms with van der Waals surface area (Å²) in [4.78, 5) is 52.9. The maximum absolute atomic E-state index is 16.2. The highest BCUT2D eigenvalue weighted by atomic mass is 19.1. The Hall–Kier alpha value is -6.95. The summed E-state index contributed by atoms with van der Waals surface area (Å²) < 4.78 is 50.4. The topological polar surface area (TPSA) is 169 Å². The smallest absolute Gasteiger partial charge is 0.376 e. The summed E-state index contributed by atoms with van der Waals surface area (Å²) in [5, 5.41) is 13.8. The van der Waals surface area contributed by atoms with Crippen molar-refractivity contribution in [2.45, 2.75) is 102 Å². The number of aromatic nitrogens is 10. The lowest BCUT2D eigenvalue weighted by Crippen LogP contribution is -2.43. The van der Waals surface area contributed by atoms with E-state index in [-0.39, 0.29) is 46.3 Å². The third kappa shape index (κ3) is 5.78. The zero-order valence-corrected chi connectivity index (χ0v) is 37.3. The molecule has 1 amide bonds. The van der Waals surface area contributed by atoms with Crippen molar-refractivity contribution in [1.29, 1.82) is 0 Å². The van der Waals surface area contributed by atoms with E-state index in [9.17, 15) is 9.59 Å². The Balaban J connectivity index is 1.02. The first-order chi connectivity index (χ1) is 31.6. The van der Waals surface area contributed by atoms with Gasteiger partial charge in [-0.1, -0.05) is 12.1 Å². The Morgan fingerprint density at radius 2 is 1.70 bits per heavy atom. The second-order valence-corrected chi connectivity index (χ2v) is 19.3. The van der Waals surface area contributed by atoms with E-state index in [2.05, 4.69) is 36.0 Å². The molecule has 338 valence electrons. The minimum Gasteiger partial charge on any atom is -0.376 e. The average Bonchev–Trinajstić information content (AvgIpc) is 3.99. The maximum atomic E-state index is 16.2. The normalized spacial score (nSPS) is 23.3. The van der Waals surface area contributed by atoms with Crippen LogP contribution in [0.25, 0.3) is 39.1 Å². The second-order valence-electron chi connectivity index (χ2n) is 19.3. The molecule has 2 aromatic carbocycles. The molecule has 12 rings (SSSR count). The minimum atomic E-state index is -0.887. The van der Waals surface area contributed by atoms with Crippen molar-refractivity contribution >= 4 is 27.8 Å². The number of aryl methyl sites for hydroxylation is 3. The van der Waals surface area contributed by atoms with Crippen molar-refractivity contribution in [1.82, 2.24) is 53.3 Å². The van der Waals surface area contributed by atoms with Gasteiger partial charge in [-0.2, -0.15) is 10.2 Å². The van der Waals surface area contributed by atoms with Gasteiger partial charge in [0, 0.05) is 55.7 Å². The quantitative estimate of drug-likeness (QED) is 0.178. The molecule has 2 bridgehead atoms. The maximum Gasteiger partial charge on any atom is 0.438 e. The summed E-state index contributed by atoms with van der Waals surface area (Å²) in [6.07, 6.45) is 8.38. The number of aromatic amines is 1. The van der Waals surface area contributed by atoms with E-state index in [0.29, 0.717) is 88.7 Å². The Morgan fingerprint density at radius 1 is 0.939 bits per heavy atom. The molecular weight excluding hydrogens is 849 g/mol. The van der Waals surface area contributed by atoms with E-state index in [1.807, 2.05) is 27.7 Å². The van der Waals surface area contributed by atoms with Crippen molar-refractivity contribution in [2.24, 2.45) is 13.0 Å². The van der Waals surface area contributed by atoms with Gasteiger partial charge in [0.2, 0.25) is 0 Å². The summed E-state index contributed by atoms with van der Waals surface area (Å²) in [6, 6.07) is 11.8. The van der Waals surface area contributed by atoms with Gasteiger partial charge >= 0.3 is 11.4 Å². The number of imidazole rings is 1. The average molecular weight is 896 g/mol.